The fourth-order valence-electron chi connectivity index (χ4n) is 3.85. The lowest BCUT2D eigenvalue weighted by Gasteiger charge is -2.44. The Morgan fingerprint density at radius 1 is 1.27 bits per heavy atom. The van der Waals surface area contributed by atoms with Gasteiger partial charge >= 0.3 is 0 Å². The number of amides is 1. The monoisotopic (exact) mass is 300 g/mol. The molecule has 1 spiro atoms. The Balaban J connectivity index is 1.56. The molecule has 0 aromatic heterocycles. The largest absolute Gasteiger partial charge is 0.487 e. The van der Waals surface area contributed by atoms with Crippen LogP contribution in [0, 0.1) is 0 Å². The van der Waals surface area contributed by atoms with Gasteiger partial charge in [-0.15, -0.1) is 0 Å². The SMILES string of the molecule is O=C(C[C@H]1CC2(CCNCC2)Oc2ccccc21)NC1CC1. The average molecular weight is 300 g/mol. The molecule has 2 heterocycles. The van der Waals surface area contributed by atoms with Crippen molar-refractivity contribution in [2.24, 2.45) is 0 Å². The number of ether oxygens (including phenoxy) is 1. The van der Waals surface area contributed by atoms with Crippen LogP contribution in [0.4, 0.5) is 0 Å². The molecule has 22 heavy (non-hydrogen) atoms. The van der Waals surface area contributed by atoms with Crippen LogP contribution in [0.3, 0.4) is 0 Å². The molecule has 4 rings (SSSR count). The first-order valence-electron chi connectivity index (χ1n) is 8.52. The van der Waals surface area contributed by atoms with Gasteiger partial charge in [-0.2, -0.15) is 0 Å². The molecule has 1 saturated heterocycles. The summed E-state index contributed by atoms with van der Waals surface area (Å²) >= 11 is 0. The summed E-state index contributed by atoms with van der Waals surface area (Å²) in [4.78, 5) is 12.3. The molecular weight excluding hydrogens is 276 g/mol. The van der Waals surface area contributed by atoms with Crippen molar-refractivity contribution >= 4 is 5.91 Å². The molecule has 4 heteroatoms. The number of hydrogen-bond donors (Lipinski definition) is 2. The van der Waals surface area contributed by atoms with Crippen LogP contribution in [0.5, 0.6) is 5.75 Å². The van der Waals surface area contributed by atoms with Crippen molar-refractivity contribution in [2.45, 2.75) is 56.1 Å². The van der Waals surface area contributed by atoms with E-state index in [1.807, 2.05) is 6.07 Å². The smallest absolute Gasteiger partial charge is 0.220 e. The van der Waals surface area contributed by atoms with Crippen molar-refractivity contribution in [3.05, 3.63) is 29.8 Å². The summed E-state index contributed by atoms with van der Waals surface area (Å²) in [5.74, 6) is 1.47. The molecule has 0 unspecified atom stereocenters. The number of benzene rings is 1. The minimum atomic E-state index is -0.0792. The molecule has 0 bridgehead atoms. The highest BCUT2D eigenvalue weighted by atomic mass is 16.5. The molecule has 2 N–H and O–H groups in total. The average Bonchev–Trinajstić information content (AvgIpc) is 3.32. The number of piperidine rings is 1. The quantitative estimate of drug-likeness (QED) is 0.901. The van der Waals surface area contributed by atoms with Gasteiger partial charge in [0.2, 0.25) is 5.91 Å². The Kier molecular flexibility index (Phi) is 3.57. The summed E-state index contributed by atoms with van der Waals surface area (Å²) < 4.78 is 6.39. The van der Waals surface area contributed by atoms with Crippen LogP contribution in [0.15, 0.2) is 24.3 Å². The van der Waals surface area contributed by atoms with E-state index in [-0.39, 0.29) is 17.4 Å². The van der Waals surface area contributed by atoms with Gasteiger partial charge in [-0.25, -0.2) is 0 Å². The van der Waals surface area contributed by atoms with Crippen molar-refractivity contribution in [1.82, 2.24) is 10.6 Å². The summed E-state index contributed by atoms with van der Waals surface area (Å²) in [6.07, 6.45) is 5.90. The Morgan fingerprint density at radius 3 is 2.82 bits per heavy atom. The van der Waals surface area contributed by atoms with E-state index in [2.05, 4.69) is 28.8 Å². The van der Waals surface area contributed by atoms with Crippen molar-refractivity contribution in [3.63, 3.8) is 0 Å². The third-order valence-corrected chi connectivity index (χ3v) is 5.19. The molecular formula is C18H24N2O2. The number of nitrogens with one attached hydrogen (secondary N) is 2. The van der Waals surface area contributed by atoms with Crippen molar-refractivity contribution in [3.8, 4) is 5.75 Å². The Hall–Kier alpha value is -1.55. The van der Waals surface area contributed by atoms with E-state index in [4.69, 9.17) is 4.74 Å². The van der Waals surface area contributed by atoms with E-state index < -0.39 is 0 Å². The van der Waals surface area contributed by atoms with E-state index in [0.29, 0.717) is 12.5 Å². The second-order valence-corrected chi connectivity index (χ2v) is 7.02. The molecule has 4 nitrogen and oxygen atoms in total. The topological polar surface area (TPSA) is 50.4 Å². The van der Waals surface area contributed by atoms with Gasteiger partial charge in [-0.3, -0.25) is 4.79 Å². The highest BCUT2D eigenvalue weighted by Crippen LogP contribution is 2.45. The molecule has 2 aliphatic heterocycles. The number of rotatable bonds is 3. The number of hydrogen-bond acceptors (Lipinski definition) is 3. The van der Waals surface area contributed by atoms with Crippen molar-refractivity contribution in [1.29, 1.82) is 0 Å². The molecule has 1 atom stereocenters. The van der Waals surface area contributed by atoms with E-state index in [0.717, 1.165) is 50.9 Å². The van der Waals surface area contributed by atoms with Crippen LogP contribution >= 0.6 is 0 Å². The minimum absolute atomic E-state index is 0.0792. The van der Waals surface area contributed by atoms with Crippen LogP contribution in [-0.4, -0.2) is 30.6 Å². The lowest BCUT2D eigenvalue weighted by molar-refractivity contribution is -0.122. The second kappa shape index (κ2) is 5.58. The van der Waals surface area contributed by atoms with Crippen LogP contribution in [0.2, 0.25) is 0 Å². The molecule has 2 fully saturated rings. The summed E-state index contributed by atoms with van der Waals surface area (Å²) in [6, 6.07) is 8.70. The molecule has 1 aliphatic carbocycles. The lowest BCUT2D eigenvalue weighted by atomic mass is 9.76. The van der Waals surface area contributed by atoms with E-state index in [1.165, 1.54) is 5.56 Å². The first-order valence-corrected chi connectivity index (χ1v) is 8.52. The van der Waals surface area contributed by atoms with Gasteiger partial charge in [0.15, 0.2) is 0 Å². The molecule has 1 aromatic rings. The predicted molar refractivity (Wildman–Crippen MR) is 85.0 cm³/mol. The lowest BCUT2D eigenvalue weighted by Crippen LogP contribution is -2.49. The van der Waals surface area contributed by atoms with Crippen molar-refractivity contribution in [2.75, 3.05) is 13.1 Å². The first kappa shape index (κ1) is 14.1. The first-order chi connectivity index (χ1) is 10.7. The number of fused-ring (bicyclic) bond motifs is 1. The number of carbonyl (C=O) groups is 1. The van der Waals surface area contributed by atoms with E-state index >= 15 is 0 Å². The molecule has 0 radical (unpaired) electrons. The van der Waals surface area contributed by atoms with Gasteiger partial charge in [0, 0.05) is 18.4 Å². The maximum Gasteiger partial charge on any atom is 0.220 e. The third-order valence-electron chi connectivity index (χ3n) is 5.19. The van der Waals surface area contributed by atoms with Gasteiger partial charge in [0.25, 0.3) is 0 Å². The Labute approximate surface area is 131 Å². The fourth-order valence-corrected chi connectivity index (χ4v) is 3.85. The zero-order chi connectivity index (χ0) is 15.0. The zero-order valence-electron chi connectivity index (χ0n) is 12.9. The fraction of sp³-hybridized carbons (Fsp3) is 0.611. The highest BCUT2D eigenvalue weighted by Gasteiger charge is 2.42. The van der Waals surface area contributed by atoms with Gasteiger partial charge in [-0.05, 0) is 56.8 Å². The number of para-hydroxylation sites is 1. The summed E-state index contributed by atoms with van der Waals surface area (Å²) in [5.41, 5.74) is 1.13. The standard InChI is InChI=1S/C18H24N2O2/c21-17(20-14-5-6-14)11-13-12-18(7-9-19-10-8-18)22-16-4-2-1-3-15(13)16/h1-4,13-14,19H,5-12H2,(H,20,21)/t13-/m0/s1. The van der Waals surface area contributed by atoms with E-state index in [9.17, 15) is 4.79 Å². The normalized spacial score (nSPS) is 26.1. The predicted octanol–water partition coefficient (Wildman–Crippen LogP) is 2.34. The maximum absolute atomic E-state index is 12.3. The molecule has 118 valence electrons. The third kappa shape index (κ3) is 2.84. The van der Waals surface area contributed by atoms with Gasteiger partial charge in [-0.1, -0.05) is 18.2 Å². The molecule has 1 amide bonds. The summed E-state index contributed by atoms with van der Waals surface area (Å²) in [7, 11) is 0. The summed E-state index contributed by atoms with van der Waals surface area (Å²) in [5, 5.41) is 6.54. The molecule has 3 aliphatic rings. The summed E-state index contributed by atoms with van der Waals surface area (Å²) in [6.45, 7) is 2.01. The molecule has 1 saturated carbocycles. The van der Waals surface area contributed by atoms with Crippen LogP contribution in [0.1, 0.15) is 50.0 Å². The van der Waals surface area contributed by atoms with Crippen LogP contribution in [-0.2, 0) is 4.79 Å². The second-order valence-electron chi connectivity index (χ2n) is 7.02. The van der Waals surface area contributed by atoms with Crippen LogP contribution < -0.4 is 15.4 Å². The van der Waals surface area contributed by atoms with Gasteiger partial charge < -0.3 is 15.4 Å². The van der Waals surface area contributed by atoms with Crippen molar-refractivity contribution < 1.29 is 9.53 Å². The van der Waals surface area contributed by atoms with E-state index in [1.54, 1.807) is 0 Å². The Morgan fingerprint density at radius 2 is 2.05 bits per heavy atom. The maximum atomic E-state index is 12.3. The Bertz CT molecular complexity index is 562. The van der Waals surface area contributed by atoms with Gasteiger partial charge in [0.1, 0.15) is 11.4 Å². The minimum Gasteiger partial charge on any atom is -0.487 e. The van der Waals surface area contributed by atoms with Gasteiger partial charge in [0.05, 0.1) is 0 Å². The van der Waals surface area contributed by atoms with Crippen LogP contribution in [0.25, 0.3) is 0 Å². The number of carbonyl (C=O) groups excluding carboxylic acids is 1. The zero-order valence-corrected chi connectivity index (χ0v) is 12.9. The molecule has 1 aromatic carbocycles. The highest BCUT2D eigenvalue weighted by molar-refractivity contribution is 5.77.